The molecule has 3 aromatic rings. The van der Waals surface area contributed by atoms with Crippen molar-refractivity contribution in [2.75, 3.05) is 6.61 Å². The Kier molecular flexibility index (Phi) is 4.78. The summed E-state index contributed by atoms with van der Waals surface area (Å²) in [4.78, 5) is 9.24. The fourth-order valence-electron chi connectivity index (χ4n) is 3.55. The molecule has 1 aliphatic heterocycles. The number of rotatable bonds is 4. The average Bonchev–Trinajstić information content (AvgIpc) is 3.33. The summed E-state index contributed by atoms with van der Waals surface area (Å²) in [5, 5.41) is 8.63. The number of aromatic nitrogens is 5. The van der Waals surface area contributed by atoms with Crippen LogP contribution in [-0.4, -0.2) is 31.5 Å². The van der Waals surface area contributed by atoms with Crippen LogP contribution < -0.4 is 0 Å². The number of hydrogen-bond donors (Lipinski definition) is 0. The molecule has 7 heteroatoms. The van der Waals surface area contributed by atoms with Crippen LogP contribution >= 0.6 is 0 Å². The van der Waals surface area contributed by atoms with Gasteiger partial charge in [0, 0.05) is 24.5 Å². The Hall–Kier alpha value is -2.54. The van der Waals surface area contributed by atoms with Gasteiger partial charge < -0.3 is 9.26 Å². The minimum atomic E-state index is -0.135. The van der Waals surface area contributed by atoms with Gasteiger partial charge in [0.15, 0.2) is 0 Å². The fraction of sp³-hybridized carbons (Fsp3) is 0.500. The van der Waals surface area contributed by atoms with E-state index in [-0.39, 0.29) is 18.1 Å². The SMILES string of the molecule is Cc1ccc(-c2noc([C@@H]3CCCO[C@H]3c3ccnn3C(C)C)n2)nc1C. The highest BCUT2D eigenvalue weighted by Crippen LogP contribution is 2.40. The molecule has 4 rings (SSSR count). The van der Waals surface area contributed by atoms with Crippen LogP contribution in [0.4, 0.5) is 0 Å². The van der Waals surface area contributed by atoms with Crippen LogP contribution in [0, 0.1) is 13.8 Å². The highest BCUT2D eigenvalue weighted by molar-refractivity contribution is 5.49. The third-order valence-corrected chi connectivity index (χ3v) is 5.14. The van der Waals surface area contributed by atoms with E-state index in [1.54, 1.807) is 0 Å². The molecule has 0 unspecified atom stereocenters. The van der Waals surface area contributed by atoms with E-state index in [4.69, 9.17) is 9.26 Å². The van der Waals surface area contributed by atoms with Gasteiger partial charge in [0.2, 0.25) is 11.7 Å². The molecule has 0 amide bonds. The van der Waals surface area contributed by atoms with E-state index in [0.717, 1.165) is 42.1 Å². The van der Waals surface area contributed by atoms with Gasteiger partial charge in [-0.1, -0.05) is 11.2 Å². The summed E-state index contributed by atoms with van der Waals surface area (Å²) in [6.45, 7) is 8.98. The third kappa shape index (κ3) is 3.39. The lowest BCUT2D eigenvalue weighted by molar-refractivity contribution is -0.0159. The fourth-order valence-corrected chi connectivity index (χ4v) is 3.55. The summed E-state index contributed by atoms with van der Waals surface area (Å²) in [5.41, 5.74) is 3.90. The molecule has 1 fully saturated rings. The van der Waals surface area contributed by atoms with Crippen LogP contribution in [0.15, 0.2) is 28.9 Å². The van der Waals surface area contributed by atoms with Gasteiger partial charge in [0.05, 0.1) is 11.6 Å². The second kappa shape index (κ2) is 7.23. The van der Waals surface area contributed by atoms with Gasteiger partial charge in [-0.3, -0.25) is 4.68 Å². The first-order valence-corrected chi connectivity index (χ1v) is 9.48. The molecule has 0 aromatic carbocycles. The molecule has 4 heterocycles. The molecular formula is C20H25N5O2. The molecular weight excluding hydrogens is 342 g/mol. The van der Waals surface area contributed by atoms with Crippen LogP contribution in [-0.2, 0) is 4.74 Å². The lowest BCUT2D eigenvalue weighted by Gasteiger charge is -2.30. The van der Waals surface area contributed by atoms with Gasteiger partial charge in [-0.05, 0) is 58.2 Å². The third-order valence-electron chi connectivity index (χ3n) is 5.14. The van der Waals surface area contributed by atoms with Crippen molar-refractivity contribution in [2.45, 2.75) is 58.6 Å². The maximum Gasteiger partial charge on any atom is 0.233 e. The van der Waals surface area contributed by atoms with Crippen molar-refractivity contribution in [3.63, 3.8) is 0 Å². The van der Waals surface area contributed by atoms with Gasteiger partial charge in [-0.15, -0.1) is 0 Å². The number of nitrogens with zero attached hydrogens (tertiary/aromatic N) is 5. The zero-order valence-corrected chi connectivity index (χ0v) is 16.2. The Bertz CT molecular complexity index is 930. The largest absolute Gasteiger partial charge is 0.371 e. The van der Waals surface area contributed by atoms with Crippen molar-refractivity contribution in [3.05, 3.63) is 47.2 Å². The smallest absolute Gasteiger partial charge is 0.233 e. The first-order chi connectivity index (χ1) is 13.0. The summed E-state index contributed by atoms with van der Waals surface area (Å²) in [6.07, 6.45) is 3.60. The Morgan fingerprint density at radius 1 is 1.15 bits per heavy atom. The summed E-state index contributed by atoms with van der Waals surface area (Å²) in [7, 11) is 0. The molecule has 0 N–H and O–H groups in total. The molecule has 0 bridgehead atoms. The number of ether oxygens (including phenoxy) is 1. The predicted molar refractivity (Wildman–Crippen MR) is 100 cm³/mol. The summed E-state index contributed by atoms with van der Waals surface area (Å²) in [6, 6.07) is 6.24. The zero-order chi connectivity index (χ0) is 19.0. The molecule has 3 aromatic heterocycles. The Morgan fingerprint density at radius 2 is 2.00 bits per heavy atom. The lowest BCUT2D eigenvalue weighted by atomic mass is 9.92. The van der Waals surface area contributed by atoms with E-state index in [0.29, 0.717) is 11.7 Å². The van der Waals surface area contributed by atoms with Crippen LogP contribution in [0.2, 0.25) is 0 Å². The van der Waals surface area contributed by atoms with Crippen LogP contribution in [0.25, 0.3) is 11.5 Å². The number of pyridine rings is 1. The Morgan fingerprint density at radius 3 is 2.78 bits per heavy atom. The molecule has 0 spiro atoms. The predicted octanol–water partition coefficient (Wildman–Crippen LogP) is 4.16. The first kappa shape index (κ1) is 17.9. The molecule has 0 saturated carbocycles. The average molecular weight is 367 g/mol. The van der Waals surface area contributed by atoms with Gasteiger partial charge >= 0.3 is 0 Å². The quantitative estimate of drug-likeness (QED) is 0.689. The highest BCUT2D eigenvalue weighted by Gasteiger charge is 2.35. The van der Waals surface area contributed by atoms with Crippen molar-refractivity contribution in [1.82, 2.24) is 24.9 Å². The van der Waals surface area contributed by atoms with E-state index in [2.05, 4.69) is 34.1 Å². The highest BCUT2D eigenvalue weighted by atomic mass is 16.5. The van der Waals surface area contributed by atoms with E-state index < -0.39 is 0 Å². The van der Waals surface area contributed by atoms with Crippen molar-refractivity contribution in [2.24, 2.45) is 0 Å². The molecule has 1 saturated heterocycles. The van der Waals surface area contributed by atoms with Gasteiger partial charge in [0.1, 0.15) is 11.8 Å². The van der Waals surface area contributed by atoms with Crippen molar-refractivity contribution < 1.29 is 9.26 Å². The normalized spacial score (nSPS) is 20.3. The first-order valence-electron chi connectivity index (χ1n) is 9.48. The second-order valence-electron chi connectivity index (χ2n) is 7.39. The number of hydrogen-bond acceptors (Lipinski definition) is 6. The van der Waals surface area contributed by atoms with Gasteiger partial charge in [0.25, 0.3) is 0 Å². The topological polar surface area (TPSA) is 78.9 Å². The molecule has 27 heavy (non-hydrogen) atoms. The summed E-state index contributed by atoms with van der Waals surface area (Å²) in [5.74, 6) is 1.14. The minimum absolute atomic E-state index is 0.0146. The van der Waals surface area contributed by atoms with E-state index in [1.807, 2.05) is 42.9 Å². The molecule has 0 radical (unpaired) electrons. The number of aryl methyl sites for hydroxylation is 2. The second-order valence-corrected chi connectivity index (χ2v) is 7.39. The van der Waals surface area contributed by atoms with Crippen LogP contribution in [0.3, 0.4) is 0 Å². The van der Waals surface area contributed by atoms with E-state index in [1.165, 1.54) is 0 Å². The lowest BCUT2D eigenvalue weighted by Crippen LogP contribution is -2.24. The van der Waals surface area contributed by atoms with Gasteiger partial charge in [-0.2, -0.15) is 10.1 Å². The molecule has 2 atom stereocenters. The summed E-state index contributed by atoms with van der Waals surface area (Å²) < 4.78 is 13.8. The van der Waals surface area contributed by atoms with Crippen molar-refractivity contribution in [1.29, 1.82) is 0 Å². The van der Waals surface area contributed by atoms with Crippen LogP contribution in [0.1, 0.15) is 67.6 Å². The van der Waals surface area contributed by atoms with E-state index in [9.17, 15) is 0 Å². The van der Waals surface area contributed by atoms with Crippen LogP contribution in [0.5, 0.6) is 0 Å². The molecule has 7 nitrogen and oxygen atoms in total. The molecule has 0 aliphatic carbocycles. The minimum Gasteiger partial charge on any atom is -0.371 e. The standard InChI is InChI=1S/C20H25N5O2/c1-12(2)25-17(9-10-21-25)18-15(6-5-11-26-18)20-23-19(24-27-20)16-8-7-13(3)14(4)22-16/h7-10,12,15,18H,5-6,11H2,1-4H3/t15-,18-/m1/s1. The van der Waals surface area contributed by atoms with Crippen molar-refractivity contribution >= 4 is 0 Å². The molecule has 142 valence electrons. The van der Waals surface area contributed by atoms with Crippen molar-refractivity contribution in [3.8, 4) is 11.5 Å². The maximum atomic E-state index is 6.13. The van der Waals surface area contributed by atoms with Gasteiger partial charge in [-0.25, -0.2) is 4.98 Å². The molecule has 1 aliphatic rings. The zero-order valence-electron chi connectivity index (χ0n) is 16.2. The van der Waals surface area contributed by atoms with E-state index >= 15 is 0 Å². The maximum absolute atomic E-state index is 6.13. The monoisotopic (exact) mass is 367 g/mol. The Labute approximate surface area is 158 Å². The Balaban J connectivity index is 1.66. The summed E-state index contributed by atoms with van der Waals surface area (Å²) >= 11 is 0.